The van der Waals surface area contributed by atoms with Crippen molar-refractivity contribution in [2.24, 2.45) is 11.8 Å². The minimum atomic E-state index is 0.721. The van der Waals surface area contributed by atoms with Crippen LogP contribution in [0.2, 0.25) is 0 Å². The van der Waals surface area contributed by atoms with E-state index in [0.29, 0.717) is 0 Å². The molecule has 2 atom stereocenters. The molecule has 8 heteroatoms. The highest BCUT2D eigenvalue weighted by atomic mass is 79.9. The average molecular weight is 374 g/mol. The Hall–Kier alpha value is -1.80. The summed E-state index contributed by atoms with van der Waals surface area (Å²) < 4.78 is 2.91. The number of rotatable bonds is 1. The van der Waals surface area contributed by atoms with Crippen LogP contribution in [0.4, 0.5) is 5.82 Å². The zero-order valence-corrected chi connectivity index (χ0v) is 14.3. The zero-order chi connectivity index (χ0) is 15.6. The number of aromatic nitrogens is 5. The van der Waals surface area contributed by atoms with Gasteiger partial charge in [-0.05, 0) is 40.9 Å². The quantitative estimate of drug-likeness (QED) is 0.642. The van der Waals surface area contributed by atoms with E-state index >= 15 is 0 Å². The Morgan fingerprint density at radius 1 is 1.17 bits per heavy atom. The second-order valence-corrected chi connectivity index (χ2v) is 7.52. The molecule has 0 aliphatic carbocycles. The second-order valence-electron chi connectivity index (χ2n) is 6.60. The van der Waals surface area contributed by atoms with Crippen molar-refractivity contribution >= 4 is 38.6 Å². The van der Waals surface area contributed by atoms with E-state index in [1.807, 2.05) is 10.5 Å². The van der Waals surface area contributed by atoms with Crippen LogP contribution in [0, 0.1) is 11.8 Å². The third kappa shape index (κ3) is 2.05. The number of pyridine rings is 1. The third-order valence-corrected chi connectivity index (χ3v) is 5.43. The molecule has 0 aromatic carbocycles. The predicted molar refractivity (Wildman–Crippen MR) is 90.5 cm³/mol. The normalized spacial score (nSPS) is 24.9. The van der Waals surface area contributed by atoms with Crippen LogP contribution < -0.4 is 4.90 Å². The highest BCUT2D eigenvalue weighted by Crippen LogP contribution is 2.34. The smallest absolute Gasteiger partial charge is 0.204 e. The highest BCUT2D eigenvalue weighted by molar-refractivity contribution is 9.10. The molecule has 0 amide bonds. The molecular formula is C15H16BrN7. The van der Waals surface area contributed by atoms with E-state index < -0.39 is 0 Å². The Morgan fingerprint density at radius 3 is 2.74 bits per heavy atom. The number of anilines is 1. The van der Waals surface area contributed by atoms with E-state index in [9.17, 15) is 0 Å². The van der Waals surface area contributed by atoms with Gasteiger partial charge in [-0.1, -0.05) is 0 Å². The average Bonchev–Trinajstić information content (AvgIpc) is 3.20. The largest absolute Gasteiger partial charge is 0.353 e. The summed E-state index contributed by atoms with van der Waals surface area (Å²) in [7, 11) is 2.20. The van der Waals surface area contributed by atoms with E-state index in [1.54, 1.807) is 12.5 Å². The maximum absolute atomic E-state index is 4.80. The molecular weight excluding hydrogens is 358 g/mol. The Morgan fingerprint density at radius 2 is 1.96 bits per heavy atom. The minimum Gasteiger partial charge on any atom is -0.353 e. The molecule has 5 rings (SSSR count). The van der Waals surface area contributed by atoms with Gasteiger partial charge in [0.15, 0.2) is 11.5 Å². The fraction of sp³-hybridized carbons (Fsp3) is 0.467. The van der Waals surface area contributed by atoms with Crippen molar-refractivity contribution in [3.63, 3.8) is 0 Å². The van der Waals surface area contributed by atoms with Crippen molar-refractivity contribution < 1.29 is 0 Å². The van der Waals surface area contributed by atoms with Crippen LogP contribution in [-0.4, -0.2) is 62.7 Å². The lowest BCUT2D eigenvalue weighted by molar-refractivity contribution is 0.387. The monoisotopic (exact) mass is 373 g/mol. The zero-order valence-electron chi connectivity index (χ0n) is 12.7. The van der Waals surface area contributed by atoms with Gasteiger partial charge < -0.3 is 9.80 Å². The molecule has 2 saturated heterocycles. The van der Waals surface area contributed by atoms with Gasteiger partial charge in [0.25, 0.3) is 0 Å². The topological polar surface area (TPSA) is 62.5 Å². The summed E-state index contributed by atoms with van der Waals surface area (Å²) >= 11 is 3.47. The predicted octanol–water partition coefficient (Wildman–Crippen LogP) is 1.43. The number of nitrogens with zero attached hydrogens (tertiary/aromatic N) is 7. The van der Waals surface area contributed by atoms with E-state index in [2.05, 4.69) is 48.0 Å². The minimum absolute atomic E-state index is 0.721. The molecule has 3 aromatic rings. The first-order valence-corrected chi connectivity index (χ1v) is 8.57. The van der Waals surface area contributed by atoms with E-state index in [4.69, 9.17) is 4.98 Å². The lowest BCUT2D eigenvalue weighted by Crippen LogP contribution is -2.27. The van der Waals surface area contributed by atoms with Gasteiger partial charge in [0.05, 0.1) is 5.52 Å². The Balaban J connectivity index is 1.64. The van der Waals surface area contributed by atoms with Crippen molar-refractivity contribution in [2.45, 2.75) is 0 Å². The van der Waals surface area contributed by atoms with Gasteiger partial charge in [-0.3, -0.25) is 4.40 Å². The van der Waals surface area contributed by atoms with Crippen molar-refractivity contribution in [3.05, 3.63) is 23.1 Å². The van der Waals surface area contributed by atoms with Crippen LogP contribution in [0.5, 0.6) is 0 Å². The molecule has 5 heterocycles. The molecule has 2 unspecified atom stereocenters. The number of halogens is 1. The van der Waals surface area contributed by atoms with Gasteiger partial charge in [-0.25, -0.2) is 9.97 Å². The standard InChI is InChI=1S/C15H16BrN7/c1-21-4-9-6-22(7-10(9)5-21)14-15-20-18-8-23(15)12-2-11(16)3-17-13(12)19-14/h2-3,8-10H,4-7H2,1H3. The van der Waals surface area contributed by atoms with Crippen LogP contribution >= 0.6 is 15.9 Å². The number of fused-ring (bicyclic) bond motifs is 4. The van der Waals surface area contributed by atoms with Crippen molar-refractivity contribution in [1.82, 2.24) is 29.5 Å². The number of likely N-dealkylation sites (tertiary alicyclic amines) is 1. The maximum atomic E-state index is 4.80. The summed E-state index contributed by atoms with van der Waals surface area (Å²) in [6, 6.07) is 2.00. The summed E-state index contributed by atoms with van der Waals surface area (Å²) in [6.45, 7) is 4.41. The Kier molecular flexibility index (Phi) is 2.87. The molecule has 2 aliphatic rings. The first kappa shape index (κ1) is 13.6. The van der Waals surface area contributed by atoms with Crippen molar-refractivity contribution in [3.8, 4) is 0 Å². The Labute approximate surface area is 141 Å². The summed E-state index contributed by atoms with van der Waals surface area (Å²) in [5.41, 5.74) is 2.46. The molecule has 0 saturated carbocycles. The molecule has 0 spiro atoms. The molecule has 7 nitrogen and oxygen atoms in total. The van der Waals surface area contributed by atoms with Gasteiger partial charge >= 0.3 is 0 Å². The third-order valence-electron chi connectivity index (χ3n) is 5.00. The van der Waals surface area contributed by atoms with Crippen molar-refractivity contribution in [2.75, 3.05) is 38.1 Å². The fourth-order valence-electron chi connectivity index (χ4n) is 4.01. The lowest BCUT2D eigenvalue weighted by Gasteiger charge is -2.20. The van der Waals surface area contributed by atoms with Gasteiger partial charge in [0, 0.05) is 36.8 Å². The number of hydrogen-bond donors (Lipinski definition) is 0. The SMILES string of the molecule is CN1CC2CN(c3nc4ncc(Br)cc4n4cnnc34)CC2C1. The molecule has 118 valence electrons. The first-order chi connectivity index (χ1) is 11.2. The first-order valence-electron chi connectivity index (χ1n) is 7.77. The second kappa shape index (κ2) is 4.85. The summed E-state index contributed by atoms with van der Waals surface area (Å²) in [5, 5.41) is 8.40. The molecule has 3 aromatic heterocycles. The van der Waals surface area contributed by atoms with Gasteiger partial charge in [0.2, 0.25) is 5.65 Å². The van der Waals surface area contributed by atoms with E-state index in [-0.39, 0.29) is 0 Å². The van der Waals surface area contributed by atoms with Crippen LogP contribution in [0.1, 0.15) is 0 Å². The summed E-state index contributed by atoms with van der Waals surface area (Å²) in [4.78, 5) is 14.0. The van der Waals surface area contributed by atoms with E-state index in [1.165, 1.54) is 13.1 Å². The van der Waals surface area contributed by atoms with Gasteiger partial charge in [0.1, 0.15) is 6.33 Å². The highest BCUT2D eigenvalue weighted by Gasteiger charge is 2.40. The maximum Gasteiger partial charge on any atom is 0.204 e. The molecule has 0 N–H and O–H groups in total. The summed E-state index contributed by atoms with van der Waals surface area (Å²) in [6.07, 6.45) is 3.52. The molecule has 0 radical (unpaired) electrons. The fourth-order valence-corrected chi connectivity index (χ4v) is 4.33. The van der Waals surface area contributed by atoms with Crippen molar-refractivity contribution in [1.29, 1.82) is 0 Å². The van der Waals surface area contributed by atoms with Crippen LogP contribution in [0.15, 0.2) is 23.1 Å². The molecule has 2 fully saturated rings. The number of hydrogen-bond acceptors (Lipinski definition) is 6. The van der Waals surface area contributed by atoms with Crippen LogP contribution in [-0.2, 0) is 0 Å². The summed E-state index contributed by atoms with van der Waals surface area (Å²) in [5.74, 6) is 2.35. The van der Waals surface area contributed by atoms with Gasteiger partial charge in [-0.15, -0.1) is 10.2 Å². The van der Waals surface area contributed by atoms with Gasteiger partial charge in [-0.2, -0.15) is 0 Å². The molecule has 2 aliphatic heterocycles. The lowest BCUT2D eigenvalue weighted by atomic mass is 10.0. The van der Waals surface area contributed by atoms with E-state index in [0.717, 1.165) is 52.0 Å². The molecule has 0 bridgehead atoms. The Bertz CT molecular complexity index is 893. The molecule has 23 heavy (non-hydrogen) atoms. The van der Waals surface area contributed by atoms with Crippen LogP contribution in [0.3, 0.4) is 0 Å². The van der Waals surface area contributed by atoms with Crippen LogP contribution in [0.25, 0.3) is 16.8 Å².